The van der Waals surface area contributed by atoms with E-state index < -0.39 is 5.41 Å². The highest BCUT2D eigenvalue weighted by molar-refractivity contribution is 5.69. The molecular weight excluding hydrogens is 331 g/mol. The molecule has 0 amide bonds. The fourth-order valence-electron chi connectivity index (χ4n) is 4.53. The van der Waals surface area contributed by atoms with Crippen LogP contribution in [0, 0.1) is 23.1 Å². The van der Waals surface area contributed by atoms with Gasteiger partial charge in [-0.2, -0.15) is 5.26 Å². The number of carbonyl (C=O) groups excluding carboxylic acids is 1. The summed E-state index contributed by atoms with van der Waals surface area (Å²) in [6, 6.07) is 9.43. The number of ether oxygens (including phenoxy) is 1. The Hall–Kier alpha value is -1.93. The molecule has 3 rings (SSSR count). The van der Waals surface area contributed by atoms with E-state index in [0.29, 0.717) is 25.0 Å². The molecule has 0 N–H and O–H groups in total. The molecule has 2 fully saturated rings. The van der Waals surface area contributed by atoms with Crippen LogP contribution in [0.1, 0.15) is 51.0 Å². The zero-order valence-corrected chi connectivity index (χ0v) is 15.4. The summed E-state index contributed by atoms with van der Waals surface area (Å²) >= 11 is 0. The molecule has 1 saturated carbocycles. The lowest BCUT2D eigenvalue weighted by Crippen LogP contribution is -2.41. The van der Waals surface area contributed by atoms with Gasteiger partial charge in [-0.1, -0.05) is 12.1 Å². The third kappa shape index (κ3) is 4.07. The molecule has 26 heavy (non-hydrogen) atoms. The quantitative estimate of drug-likeness (QED) is 0.751. The highest BCUT2D eigenvalue weighted by atomic mass is 19.1. The van der Waals surface area contributed by atoms with Crippen molar-refractivity contribution in [1.82, 2.24) is 4.90 Å². The topological polar surface area (TPSA) is 53.3 Å². The molecule has 0 spiro atoms. The fraction of sp³-hybridized carbons (Fsp3) is 0.619. The second-order valence-corrected chi connectivity index (χ2v) is 7.59. The van der Waals surface area contributed by atoms with Gasteiger partial charge in [-0.25, -0.2) is 4.39 Å². The molecule has 4 nitrogen and oxygen atoms in total. The van der Waals surface area contributed by atoms with Gasteiger partial charge in [0, 0.05) is 19.0 Å². The van der Waals surface area contributed by atoms with E-state index >= 15 is 0 Å². The monoisotopic (exact) mass is 358 g/mol. The number of hydrogen-bond acceptors (Lipinski definition) is 4. The van der Waals surface area contributed by atoms with E-state index in [-0.39, 0.29) is 11.8 Å². The van der Waals surface area contributed by atoms with Crippen LogP contribution in [0.3, 0.4) is 0 Å². The standard InChI is InChI=1S/C21H27FN2O2/c1-2-26-20(25)12-16-8-11-24(14-16)19-6-9-21(15-23,10-7-19)17-4-3-5-18(22)13-17/h3-5,13,16,19H,2,6-12,14H2,1H3/t16-,19?,21?/m0/s1. The first kappa shape index (κ1) is 18.8. The molecule has 0 unspecified atom stereocenters. The van der Waals surface area contributed by atoms with Crippen molar-refractivity contribution in [2.24, 2.45) is 5.92 Å². The molecule has 5 heteroatoms. The summed E-state index contributed by atoms with van der Waals surface area (Å²) in [5.41, 5.74) is 0.239. The molecule has 140 valence electrons. The van der Waals surface area contributed by atoms with Crippen LogP contribution >= 0.6 is 0 Å². The van der Waals surface area contributed by atoms with Crippen LogP contribution < -0.4 is 0 Å². The van der Waals surface area contributed by atoms with Crippen molar-refractivity contribution in [3.63, 3.8) is 0 Å². The van der Waals surface area contributed by atoms with Crippen molar-refractivity contribution in [3.05, 3.63) is 35.6 Å². The van der Waals surface area contributed by atoms with Crippen LogP contribution in [-0.4, -0.2) is 36.6 Å². The minimum Gasteiger partial charge on any atom is -0.466 e. The second kappa shape index (κ2) is 8.18. The third-order valence-corrected chi connectivity index (χ3v) is 5.99. The molecular formula is C21H27FN2O2. The smallest absolute Gasteiger partial charge is 0.306 e. The van der Waals surface area contributed by atoms with E-state index in [1.54, 1.807) is 6.07 Å². The predicted molar refractivity (Wildman–Crippen MR) is 96.9 cm³/mol. The molecule has 1 saturated heterocycles. The first-order valence-corrected chi connectivity index (χ1v) is 9.63. The van der Waals surface area contributed by atoms with Crippen LogP contribution in [0.4, 0.5) is 4.39 Å². The third-order valence-electron chi connectivity index (χ3n) is 5.99. The summed E-state index contributed by atoms with van der Waals surface area (Å²) in [6.07, 6.45) is 4.94. The minimum absolute atomic E-state index is 0.0994. The molecule has 1 aromatic carbocycles. The summed E-state index contributed by atoms with van der Waals surface area (Å²) < 4.78 is 18.7. The lowest BCUT2D eigenvalue weighted by Gasteiger charge is -2.39. The Balaban J connectivity index is 1.57. The van der Waals surface area contributed by atoms with Crippen LogP contribution in [0.2, 0.25) is 0 Å². The summed E-state index contributed by atoms with van der Waals surface area (Å²) in [5, 5.41) is 9.79. The average molecular weight is 358 g/mol. The Kier molecular flexibility index (Phi) is 5.93. The van der Waals surface area contributed by atoms with Crippen molar-refractivity contribution < 1.29 is 13.9 Å². The first-order chi connectivity index (χ1) is 12.6. The summed E-state index contributed by atoms with van der Waals surface area (Å²) in [5.74, 6) is -0.00175. The van der Waals surface area contributed by atoms with E-state index in [9.17, 15) is 14.4 Å². The fourth-order valence-corrected chi connectivity index (χ4v) is 4.53. The Labute approximate surface area is 154 Å². The van der Waals surface area contributed by atoms with Crippen molar-refractivity contribution in [1.29, 1.82) is 5.26 Å². The molecule has 1 heterocycles. The molecule has 1 atom stereocenters. The zero-order valence-electron chi connectivity index (χ0n) is 15.4. The van der Waals surface area contributed by atoms with E-state index in [1.807, 2.05) is 13.0 Å². The Bertz CT molecular complexity index is 677. The number of carbonyl (C=O) groups is 1. The van der Waals surface area contributed by atoms with Crippen LogP contribution in [0.25, 0.3) is 0 Å². The SMILES string of the molecule is CCOC(=O)C[C@@H]1CCN(C2CCC(C#N)(c3cccc(F)c3)CC2)C1. The number of nitrogens with zero attached hydrogens (tertiary/aromatic N) is 2. The van der Waals surface area contributed by atoms with Crippen molar-refractivity contribution >= 4 is 5.97 Å². The van der Waals surface area contributed by atoms with Gasteiger partial charge in [-0.05, 0) is 69.2 Å². The molecule has 1 aliphatic carbocycles. The van der Waals surface area contributed by atoms with Gasteiger partial charge in [-0.15, -0.1) is 0 Å². The lowest BCUT2D eigenvalue weighted by molar-refractivity contribution is -0.144. The maximum absolute atomic E-state index is 13.6. The second-order valence-electron chi connectivity index (χ2n) is 7.59. The molecule has 1 aromatic rings. The van der Waals surface area contributed by atoms with Gasteiger partial charge in [0.05, 0.1) is 18.1 Å². The van der Waals surface area contributed by atoms with Crippen LogP contribution in [-0.2, 0) is 14.9 Å². The normalized spacial score (nSPS) is 29.3. The number of hydrogen-bond donors (Lipinski definition) is 0. The molecule has 2 aliphatic rings. The van der Waals surface area contributed by atoms with Gasteiger partial charge in [0.2, 0.25) is 0 Å². The van der Waals surface area contributed by atoms with E-state index in [1.165, 1.54) is 12.1 Å². The van der Waals surface area contributed by atoms with E-state index in [2.05, 4.69) is 11.0 Å². The number of halogens is 1. The van der Waals surface area contributed by atoms with Gasteiger partial charge >= 0.3 is 5.97 Å². The molecule has 0 bridgehead atoms. The van der Waals surface area contributed by atoms with Gasteiger partial charge in [0.15, 0.2) is 0 Å². The molecule has 0 radical (unpaired) electrons. The Morgan fingerprint density at radius 3 is 2.81 bits per heavy atom. The maximum atomic E-state index is 13.6. The van der Waals surface area contributed by atoms with Crippen molar-refractivity contribution in [2.75, 3.05) is 19.7 Å². The summed E-state index contributed by atoms with van der Waals surface area (Å²) in [6.45, 7) is 4.21. The highest BCUT2D eigenvalue weighted by Crippen LogP contribution is 2.41. The van der Waals surface area contributed by atoms with Gasteiger partial charge < -0.3 is 9.64 Å². The largest absolute Gasteiger partial charge is 0.466 e. The van der Waals surface area contributed by atoms with Crippen molar-refractivity contribution in [2.45, 2.75) is 56.9 Å². The molecule has 1 aliphatic heterocycles. The lowest BCUT2D eigenvalue weighted by atomic mass is 9.69. The van der Waals surface area contributed by atoms with E-state index in [0.717, 1.165) is 50.8 Å². The van der Waals surface area contributed by atoms with Gasteiger partial charge in [0.25, 0.3) is 0 Å². The van der Waals surface area contributed by atoms with Crippen LogP contribution in [0.15, 0.2) is 24.3 Å². The number of nitriles is 1. The van der Waals surface area contributed by atoms with Gasteiger partial charge in [0.1, 0.15) is 5.82 Å². The predicted octanol–water partition coefficient (Wildman–Crippen LogP) is 3.80. The maximum Gasteiger partial charge on any atom is 0.306 e. The average Bonchev–Trinajstić information content (AvgIpc) is 3.10. The van der Waals surface area contributed by atoms with Gasteiger partial charge in [-0.3, -0.25) is 4.79 Å². The number of rotatable bonds is 5. The van der Waals surface area contributed by atoms with E-state index in [4.69, 9.17) is 4.74 Å². The van der Waals surface area contributed by atoms with Crippen molar-refractivity contribution in [3.8, 4) is 6.07 Å². The minimum atomic E-state index is -0.567. The Morgan fingerprint density at radius 2 is 2.15 bits per heavy atom. The summed E-state index contributed by atoms with van der Waals surface area (Å²) in [7, 11) is 0. The number of benzene rings is 1. The Morgan fingerprint density at radius 1 is 1.38 bits per heavy atom. The molecule has 0 aromatic heterocycles. The van der Waals surface area contributed by atoms with Crippen LogP contribution in [0.5, 0.6) is 0 Å². The highest BCUT2D eigenvalue weighted by Gasteiger charge is 2.40. The zero-order chi connectivity index (χ0) is 18.6. The number of esters is 1. The number of likely N-dealkylation sites (tertiary alicyclic amines) is 1. The first-order valence-electron chi connectivity index (χ1n) is 9.63. The summed E-state index contributed by atoms with van der Waals surface area (Å²) in [4.78, 5) is 14.2.